The Kier molecular flexibility index (Phi) is 2.00. The lowest BCUT2D eigenvalue weighted by Gasteiger charge is -2.04. The lowest BCUT2D eigenvalue weighted by Crippen LogP contribution is -2.06. The second-order valence-corrected chi connectivity index (χ2v) is 3.20. The Morgan fingerprint density at radius 2 is 2.21 bits per heavy atom. The molecule has 2 N–H and O–H groups in total. The molecule has 14 heavy (non-hydrogen) atoms. The molecule has 0 saturated carbocycles. The zero-order valence-electron chi connectivity index (χ0n) is 7.87. The van der Waals surface area contributed by atoms with Crippen LogP contribution >= 0.6 is 0 Å². The molecule has 0 atom stereocenters. The van der Waals surface area contributed by atoms with E-state index in [1.54, 1.807) is 12.3 Å². The number of rotatable bonds is 1. The molecule has 0 aliphatic carbocycles. The highest BCUT2D eigenvalue weighted by Gasteiger charge is 2.06. The van der Waals surface area contributed by atoms with Gasteiger partial charge in [0.2, 0.25) is 0 Å². The van der Waals surface area contributed by atoms with Crippen molar-refractivity contribution in [3.05, 3.63) is 40.3 Å². The van der Waals surface area contributed by atoms with Gasteiger partial charge in [0.25, 0.3) is 5.56 Å². The first-order valence-electron chi connectivity index (χ1n) is 4.56. The molecule has 0 unspecified atom stereocenters. The van der Waals surface area contributed by atoms with Crippen molar-refractivity contribution < 1.29 is 5.11 Å². The zero-order valence-corrected chi connectivity index (χ0v) is 7.87. The minimum atomic E-state index is -0.240. The van der Waals surface area contributed by atoms with Gasteiger partial charge in [0.1, 0.15) is 5.75 Å². The Balaban J connectivity index is 2.99. The highest BCUT2D eigenvalue weighted by atomic mass is 16.3. The topological polar surface area (TPSA) is 53.1 Å². The molecule has 1 heterocycles. The first-order chi connectivity index (χ1) is 6.74. The fraction of sp³-hybridized carbons (Fsp3) is 0.182. The zero-order chi connectivity index (χ0) is 10.1. The highest BCUT2D eigenvalue weighted by molar-refractivity contribution is 5.89. The summed E-state index contributed by atoms with van der Waals surface area (Å²) in [6, 6.07) is 5.12. The van der Waals surface area contributed by atoms with Crippen LogP contribution in [0, 0.1) is 0 Å². The standard InChI is InChI=1S/C11H11NO2/c1-2-7-6-12-11(14)10-8(7)4-3-5-9(10)13/h3-6,13H,2H2,1H3,(H,12,14). The summed E-state index contributed by atoms with van der Waals surface area (Å²) in [6.45, 7) is 2.01. The molecule has 2 rings (SSSR count). The number of aromatic hydroxyl groups is 1. The van der Waals surface area contributed by atoms with Gasteiger partial charge >= 0.3 is 0 Å². The Hall–Kier alpha value is -1.77. The van der Waals surface area contributed by atoms with E-state index in [0.717, 1.165) is 17.4 Å². The van der Waals surface area contributed by atoms with E-state index in [1.807, 2.05) is 13.0 Å². The van der Waals surface area contributed by atoms with Gasteiger partial charge in [-0.15, -0.1) is 0 Å². The second kappa shape index (κ2) is 3.18. The van der Waals surface area contributed by atoms with Gasteiger partial charge in [0.15, 0.2) is 0 Å². The molecule has 0 spiro atoms. The number of hydrogen-bond acceptors (Lipinski definition) is 2. The Labute approximate surface area is 81.0 Å². The van der Waals surface area contributed by atoms with Crippen molar-refractivity contribution in [2.75, 3.05) is 0 Å². The number of aromatic amines is 1. The molecule has 0 amide bonds. The van der Waals surface area contributed by atoms with Gasteiger partial charge in [-0.25, -0.2) is 0 Å². The molecular weight excluding hydrogens is 178 g/mol. The van der Waals surface area contributed by atoms with Crippen LogP contribution in [-0.2, 0) is 6.42 Å². The van der Waals surface area contributed by atoms with Crippen LogP contribution < -0.4 is 5.56 Å². The first-order valence-corrected chi connectivity index (χ1v) is 4.56. The van der Waals surface area contributed by atoms with E-state index in [4.69, 9.17) is 0 Å². The van der Waals surface area contributed by atoms with Crippen LogP contribution in [0.2, 0.25) is 0 Å². The summed E-state index contributed by atoms with van der Waals surface area (Å²) >= 11 is 0. The van der Waals surface area contributed by atoms with Gasteiger partial charge < -0.3 is 10.1 Å². The molecule has 3 nitrogen and oxygen atoms in total. The van der Waals surface area contributed by atoms with Gasteiger partial charge in [-0.05, 0) is 23.4 Å². The van der Waals surface area contributed by atoms with Crippen molar-refractivity contribution in [3.63, 3.8) is 0 Å². The van der Waals surface area contributed by atoms with Crippen molar-refractivity contribution in [1.29, 1.82) is 0 Å². The molecule has 0 bridgehead atoms. The van der Waals surface area contributed by atoms with Crippen LogP contribution in [0.15, 0.2) is 29.2 Å². The van der Waals surface area contributed by atoms with Crippen molar-refractivity contribution in [2.24, 2.45) is 0 Å². The smallest absolute Gasteiger partial charge is 0.259 e. The molecule has 0 aliphatic rings. The van der Waals surface area contributed by atoms with Gasteiger partial charge in [-0.2, -0.15) is 0 Å². The normalized spacial score (nSPS) is 10.6. The molecule has 0 fully saturated rings. The number of H-pyrrole nitrogens is 1. The average Bonchev–Trinajstić information content (AvgIpc) is 2.18. The maximum absolute atomic E-state index is 11.5. The SMILES string of the molecule is CCc1c[nH]c(=O)c2c(O)cccc12. The molecule has 72 valence electrons. The minimum Gasteiger partial charge on any atom is -0.507 e. The van der Waals surface area contributed by atoms with Crippen LogP contribution in [0.25, 0.3) is 10.8 Å². The lowest BCUT2D eigenvalue weighted by atomic mass is 10.1. The predicted octanol–water partition coefficient (Wildman–Crippen LogP) is 1.80. The van der Waals surface area contributed by atoms with Crippen molar-refractivity contribution in [1.82, 2.24) is 4.98 Å². The van der Waals surface area contributed by atoms with Crippen LogP contribution in [0.4, 0.5) is 0 Å². The number of hydrogen-bond donors (Lipinski definition) is 2. The second-order valence-electron chi connectivity index (χ2n) is 3.20. The third-order valence-corrected chi connectivity index (χ3v) is 2.37. The van der Waals surface area contributed by atoms with E-state index in [2.05, 4.69) is 4.98 Å². The summed E-state index contributed by atoms with van der Waals surface area (Å²) < 4.78 is 0. The fourth-order valence-corrected chi connectivity index (χ4v) is 1.64. The van der Waals surface area contributed by atoms with Crippen molar-refractivity contribution >= 4 is 10.8 Å². The molecule has 0 radical (unpaired) electrons. The quantitative estimate of drug-likeness (QED) is 0.718. The van der Waals surface area contributed by atoms with E-state index < -0.39 is 0 Å². The number of phenols is 1. The van der Waals surface area contributed by atoms with Gasteiger partial charge in [0, 0.05) is 6.20 Å². The first kappa shape index (κ1) is 8.81. The Morgan fingerprint density at radius 1 is 1.43 bits per heavy atom. The molecule has 0 aliphatic heterocycles. The number of aromatic nitrogens is 1. The highest BCUT2D eigenvalue weighted by Crippen LogP contribution is 2.22. The van der Waals surface area contributed by atoms with Gasteiger partial charge in [-0.1, -0.05) is 19.1 Å². The molecule has 0 saturated heterocycles. The lowest BCUT2D eigenvalue weighted by molar-refractivity contribution is 0.481. The molecular formula is C11H11NO2. The summed E-state index contributed by atoms with van der Waals surface area (Å²) in [7, 11) is 0. The molecule has 2 aromatic rings. The van der Waals surface area contributed by atoms with Crippen LogP contribution in [0.1, 0.15) is 12.5 Å². The Morgan fingerprint density at radius 3 is 2.93 bits per heavy atom. The van der Waals surface area contributed by atoms with E-state index in [1.165, 1.54) is 6.07 Å². The molecule has 3 heteroatoms. The predicted molar refractivity (Wildman–Crippen MR) is 55.6 cm³/mol. The van der Waals surface area contributed by atoms with E-state index in [0.29, 0.717) is 5.39 Å². The third-order valence-electron chi connectivity index (χ3n) is 2.37. The molecule has 1 aromatic carbocycles. The van der Waals surface area contributed by atoms with E-state index in [-0.39, 0.29) is 11.3 Å². The van der Waals surface area contributed by atoms with Crippen LogP contribution in [-0.4, -0.2) is 10.1 Å². The summed E-state index contributed by atoms with van der Waals surface area (Å²) in [5.41, 5.74) is 0.797. The van der Waals surface area contributed by atoms with Crippen molar-refractivity contribution in [2.45, 2.75) is 13.3 Å². The molecule has 1 aromatic heterocycles. The van der Waals surface area contributed by atoms with E-state index in [9.17, 15) is 9.90 Å². The monoisotopic (exact) mass is 189 g/mol. The van der Waals surface area contributed by atoms with Crippen LogP contribution in [0.5, 0.6) is 5.75 Å². The number of phenolic OH excluding ortho intramolecular Hbond substituents is 1. The minimum absolute atomic E-state index is 0.0408. The fourth-order valence-electron chi connectivity index (χ4n) is 1.64. The number of nitrogens with one attached hydrogen (secondary N) is 1. The largest absolute Gasteiger partial charge is 0.507 e. The van der Waals surface area contributed by atoms with Crippen LogP contribution in [0.3, 0.4) is 0 Å². The summed E-state index contributed by atoms with van der Waals surface area (Å²) in [5.74, 6) is 0.0408. The maximum Gasteiger partial charge on any atom is 0.259 e. The number of fused-ring (bicyclic) bond motifs is 1. The number of pyridine rings is 1. The summed E-state index contributed by atoms with van der Waals surface area (Å²) in [5, 5.41) is 10.8. The van der Waals surface area contributed by atoms with E-state index >= 15 is 0 Å². The summed E-state index contributed by atoms with van der Waals surface area (Å²) in [6.07, 6.45) is 2.53. The van der Waals surface area contributed by atoms with Gasteiger partial charge in [-0.3, -0.25) is 4.79 Å². The number of aryl methyl sites for hydroxylation is 1. The number of benzene rings is 1. The van der Waals surface area contributed by atoms with Crippen molar-refractivity contribution in [3.8, 4) is 5.75 Å². The maximum atomic E-state index is 11.5. The summed E-state index contributed by atoms with van der Waals surface area (Å²) in [4.78, 5) is 14.1. The Bertz CT molecular complexity index is 528. The third kappa shape index (κ3) is 1.18. The average molecular weight is 189 g/mol. The van der Waals surface area contributed by atoms with Gasteiger partial charge in [0.05, 0.1) is 5.39 Å².